The lowest BCUT2D eigenvalue weighted by molar-refractivity contribution is -0.0689. The van der Waals surface area contributed by atoms with Crippen molar-refractivity contribution in [3.8, 4) is 11.3 Å². The highest BCUT2D eigenvalue weighted by Gasteiger charge is 2.37. The SMILES string of the molecule is C=C(c1cc(C(C)(C)NS(C)(=O)=O)c(F)c(-c2ccc(F)cc2)n1)C(F)(F)F. The number of nitrogens with one attached hydrogen (secondary N) is 1. The molecule has 2 rings (SSSR count). The van der Waals surface area contributed by atoms with Crippen molar-refractivity contribution in [3.05, 3.63) is 59.8 Å². The molecule has 1 aromatic carbocycles. The van der Waals surface area contributed by atoms with Crippen molar-refractivity contribution in [2.45, 2.75) is 25.6 Å². The predicted molar refractivity (Wildman–Crippen MR) is 95.7 cm³/mol. The molecule has 0 aliphatic carbocycles. The van der Waals surface area contributed by atoms with Gasteiger partial charge in [0.1, 0.15) is 11.5 Å². The van der Waals surface area contributed by atoms with Crippen molar-refractivity contribution in [2.24, 2.45) is 0 Å². The number of rotatable bonds is 5. The van der Waals surface area contributed by atoms with Crippen LogP contribution in [0.25, 0.3) is 16.8 Å². The molecule has 152 valence electrons. The highest BCUT2D eigenvalue weighted by molar-refractivity contribution is 7.88. The Bertz CT molecular complexity index is 1010. The third kappa shape index (κ3) is 4.93. The van der Waals surface area contributed by atoms with Crippen LogP contribution >= 0.6 is 0 Å². The third-order valence-electron chi connectivity index (χ3n) is 3.84. The Morgan fingerprint density at radius 2 is 1.64 bits per heavy atom. The molecule has 0 radical (unpaired) electrons. The van der Waals surface area contributed by atoms with Crippen LogP contribution in [0.15, 0.2) is 36.9 Å². The Hall–Kier alpha value is -2.33. The summed E-state index contributed by atoms with van der Waals surface area (Å²) >= 11 is 0. The first-order chi connectivity index (χ1) is 12.6. The van der Waals surface area contributed by atoms with E-state index in [4.69, 9.17) is 0 Å². The highest BCUT2D eigenvalue weighted by atomic mass is 32.2. The van der Waals surface area contributed by atoms with Gasteiger partial charge in [0.25, 0.3) is 0 Å². The molecule has 0 aliphatic heterocycles. The maximum absolute atomic E-state index is 15.2. The molecule has 0 saturated heterocycles. The van der Waals surface area contributed by atoms with Gasteiger partial charge in [-0.15, -0.1) is 0 Å². The first-order valence-electron chi connectivity index (χ1n) is 7.84. The number of allylic oxidation sites excluding steroid dienone is 1. The van der Waals surface area contributed by atoms with Crippen LogP contribution in [0.4, 0.5) is 22.0 Å². The molecular weight excluding hydrogens is 403 g/mol. The Morgan fingerprint density at radius 3 is 2.11 bits per heavy atom. The lowest BCUT2D eigenvalue weighted by Gasteiger charge is -2.27. The largest absolute Gasteiger partial charge is 0.417 e. The first-order valence-corrected chi connectivity index (χ1v) is 9.73. The van der Waals surface area contributed by atoms with Crippen LogP contribution in [0.5, 0.6) is 0 Å². The smallest absolute Gasteiger partial charge is 0.245 e. The first kappa shape index (κ1) is 22.0. The number of alkyl halides is 3. The summed E-state index contributed by atoms with van der Waals surface area (Å²) in [6, 6.07) is 5.11. The van der Waals surface area contributed by atoms with Gasteiger partial charge >= 0.3 is 6.18 Å². The number of nitrogens with zero attached hydrogens (tertiary/aromatic N) is 1. The van der Waals surface area contributed by atoms with Crippen molar-refractivity contribution in [1.29, 1.82) is 0 Å². The van der Waals surface area contributed by atoms with Gasteiger partial charge in [-0.3, -0.25) is 0 Å². The standard InChI is InChI=1S/C18H17F5N2O2S/c1-10(18(21,22)23)14-9-13(17(2,3)25-28(4,26)27)15(20)16(24-14)11-5-7-12(19)8-6-11/h5-9,25H,1H2,2-4H3. The average Bonchev–Trinajstić information content (AvgIpc) is 2.52. The van der Waals surface area contributed by atoms with E-state index in [1.54, 1.807) is 0 Å². The van der Waals surface area contributed by atoms with E-state index in [9.17, 15) is 26.0 Å². The lowest BCUT2D eigenvalue weighted by Crippen LogP contribution is -2.41. The summed E-state index contributed by atoms with van der Waals surface area (Å²) < 4.78 is 93.1. The minimum absolute atomic E-state index is 0.0205. The predicted octanol–water partition coefficient (Wildman–Crippen LogP) is 4.39. The molecular formula is C18H17F5N2O2S. The van der Waals surface area contributed by atoms with E-state index < -0.39 is 50.3 Å². The van der Waals surface area contributed by atoms with Crippen LogP contribution in [-0.4, -0.2) is 25.8 Å². The van der Waals surface area contributed by atoms with E-state index >= 15 is 4.39 Å². The molecule has 1 N–H and O–H groups in total. The Kier molecular flexibility index (Phi) is 5.69. The lowest BCUT2D eigenvalue weighted by atomic mass is 9.92. The molecule has 0 aliphatic rings. The van der Waals surface area contributed by atoms with Crippen molar-refractivity contribution in [2.75, 3.05) is 6.26 Å². The van der Waals surface area contributed by atoms with Gasteiger partial charge < -0.3 is 0 Å². The second-order valence-corrected chi connectivity index (χ2v) is 8.45. The van der Waals surface area contributed by atoms with Crippen LogP contribution in [0.1, 0.15) is 25.1 Å². The van der Waals surface area contributed by atoms with E-state index in [1.807, 2.05) is 0 Å². The van der Waals surface area contributed by atoms with Gasteiger partial charge in [0.2, 0.25) is 10.0 Å². The Morgan fingerprint density at radius 1 is 1.11 bits per heavy atom. The van der Waals surface area contributed by atoms with Gasteiger partial charge in [-0.05, 0) is 44.2 Å². The second-order valence-electron chi connectivity index (χ2n) is 6.70. The molecule has 0 bridgehead atoms. The number of halogens is 5. The zero-order valence-electron chi connectivity index (χ0n) is 15.2. The van der Waals surface area contributed by atoms with E-state index in [0.29, 0.717) is 0 Å². The Labute approximate surface area is 159 Å². The van der Waals surface area contributed by atoms with E-state index in [0.717, 1.165) is 36.6 Å². The number of sulfonamides is 1. The van der Waals surface area contributed by atoms with Crippen LogP contribution in [0.3, 0.4) is 0 Å². The van der Waals surface area contributed by atoms with Crippen molar-refractivity contribution in [3.63, 3.8) is 0 Å². The number of aromatic nitrogens is 1. The monoisotopic (exact) mass is 420 g/mol. The van der Waals surface area contributed by atoms with Gasteiger partial charge in [0.15, 0.2) is 5.82 Å². The van der Waals surface area contributed by atoms with Crippen LogP contribution in [-0.2, 0) is 15.6 Å². The molecule has 1 aromatic heterocycles. The summed E-state index contributed by atoms with van der Waals surface area (Å²) in [5.41, 5.74) is -4.43. The number of pyridine rings is 1. The van der Waals surface area contributed by atoms with Crippen molar-refractivity contribution >= 4 is 15.6 Å². The van der Waals surface area contributed by atoms with Gasteiger partial charge in [-0.2, -0.15) is 13.2 Å². The quantitative estimate of drug-likeness (QED) is 0.730. The molecule has 0 spiro atoms. The summed E-state index contributed by atoms with van der Waals surface area (Å²) in [6.07, 6.45) is -4.00. The van der Waals surface area contributed by atoms with Crippen LogP contribution in [0.2, 0.25) is 0 Å². The fraction of sp³-hybridized carbons (Fsp3) is 0.278. The molecule has 28 heavy (non-hydrogen) atoms. The molecule has 0 fully saturated rings. The van der Waals surface area contributed by atoms with Gasteiger partial charge in [-0.25, -0.2) is 26.9 Å². The molecule has 2 aromatic rings. The summed E-state index contributed by atoms with van der Waals surface area (Å²) in [5, 5.41) is 0. The van der Waals surface area contributed by atoms with Crippen molar-refractivity contribution < 1.29 is 30.4 Å². The zero-order valence-corrected chi connectivity index (χ0v) is 16.0. The Balaban J connectivity index is 2.79. The topological polar surface area (TPSA) is 59.1 Å². The summed E-state index contributed by atoms with van der Waals surface area (Å²) in [5.74, 6) is -1.66. The third-order valence-corrected chi connectivity index (χ3v) is 4.72. The maximum Gasteiger partial charge on any atom is 0.417 e. The molecule has 10 heteroatoms. The molecule has 0 amide bonds. The number of benzene rings is 1. The molecule has 0 saturated carbocycles. The molecule has 4 nitrogen and oxygen atoms in total. The van der Waals surface area contributed by atoms with Gasteiger partial charge in [0, 0.05) is 11.1 Å². The number of hydrogen-bond donors (Lipinski definition) is 1. The summed E-state index contributed by atoms with van der Waals surface area (Å²) in [6.45, 7) is 5.55. The molecule has 0 atom stereocenters. The number of hydrogen-bond acceptors (Lipinski definition) is 3. The van der Waals surface area contributed by atoms with Crippen molar-refractivity contribution in [1.82, 2.24) is 9.71 Å². The molecule has 0 unspecified atom stereocenters. The van der Waals surface area contributed by atoms with E-state index in [2.05, 4.69) is 16.3 Å². The van der Waals surface area contributed by atoms with E-state index in [1.165, 1.54) is 13.8 Å². The zero-order chi connectivity index (χ0) is 21.5. The van der Waals surface area contributed by atoms with Crippen LogP contribution < -0.4 is 4.72 Å². The molecule has 1 heterocycles. The van der Waals surface area contributed by atoms with Crippen LogP contribution in [0, 0.1) is 11.6 Å². The van der Waals surface area contributed by atoms with E-state index in [-0.39, 0.29) is 11.1 Å². The summed E-state index contributed by atoms with van der Waals surface area (Å²) in [4.78, 5) is 3.72. The average molecular weight is 420 g/mol. The van der Waals surface area contributed by atoms with Gasteiger partial charge in [0.05, 0.1) is 23.1 Å². The fourth-order valence-corrected chi connectivity index (χ4v) is 3.64. The minimum atomic E-state index is -4.84. The van der Waals surface area contributed by atoms with Gasteiger partial charge in [-0.1, -0.05) is 6.58 Å². The maximum atomic E-state index is 15.2. The second kappa shape index (κ2) is 7.25. The minimum Gasteiger partial charge on any atom is -0.245 e. The fourth-order valence-electron chi connectivity index (χ4n) is 2.60. The summed E-state index contributed by atoms with van der Waals surface area (Å²) in [7, 11) is -3.82. The highest BCUT2D eigenvalue weighted by Crippen LogP contribution is 2.37. The normalized spacial score (nSPS) is 12.9.